The van der Waals surface area contributed by atoms with Gasteiger partial charge in [-0.15, -0.1) is 0 Å². The van der Waals surface area contributed by atoms with E-state index >= 15 is 0 Å². The first kappa shape index (κ1) is 14.9. The highest BCUT2D eigenvalue weighted by Crippen LogP contribution is 2.38. The summed E-state index contributed by atoms with van der Waals surface area (Å²) < 4.78 is 0. The fourth-order valence-corrected chi connectivity index (χ4v) is 3.28. The maximum atomic E-state index is 10.9. The quantitative estimate of drug-likeness (QED) is 0.885. The lowest BCUT2D eigenvalue weighted by molar-refractivity contribution is -0.136. The molecule has 3 nitrogen and oxygen atoms in total. The summed E-state index contributed by atoms with van der Waals surface area (Å²) in [7, 11) is 0. The lowest BCUT2D eigenvalue weighted by atomic mass is 9.74. The van der Waals surface area contributed by atoms with Crippen LogP contribution in [0.5, 0.6) is 0 Å². The van der Waals surface area contributed by atoms with Crippen molar-refractivity contribution in [2.75, 3.05) is 11.4 Å². The van der Waals surface area contributed by atoms with E-state index in [1.807, 2.05) is 18.2 Å². The molecule has 0 aliphatic heterocycles. The Kier molecular flexibility index (Phi) is 4.69. The fraction of sp³-hybridized carbons (Fsp3) is 0.588. The van der Waals surface area contributed by atoms with Crippen LogP contribution < -0.4 is 4.90 Å². The molecule has 0 amide bonds. The fourth-order valence-electron chi connectivity index (χ4n) is 3.28. The molecule has 110 valence electrons. The number of benzene rings is 1. The zero-order valence-electron chi connectivity index (χ0n) is 12.5. The number of rotatable bonds is 5. The summed E-state index contributed by atoms with van der Waals surface area (Å²) in [4.78, 5) is 13.2. The van der Waals surface area contributed by atoms with Gasteiger partial charge in [0, 0.05) is 18.3 Å². The second kappa shape index (κ2) is 6.29. The van der Waals surface area contributed by atoms with Crippen LogP contribution in [0.3, 0.4) is 0 Å². The van der Waals surface area contributed by atoms with Crippen molar-refractivity contribution in [2.24, 2.45) is 5.41 Å². The Labute approximate surface area is 121 Å². The molecule has 0 radical (unpaired) electrons. The minimum Gasteiger partial charge on any atom is -0.481 e. The van der Waals surface area contributed by atoms with Crippen LogP contribution in [0, 0.1) is 5.41 Å². The van der Waals surface area contributed by atoms with Gasteiger partial charge in [-0.1, -0.05) is 38.5 Å². The largest absolute Gasteiger partial charge is 0.481 e. The van der Waals surface area contributed by atoms with Crippen molar-refractivity contribution >= 4 is 11.7 Å². The second-order valence-electron chi connectivity index (χ2n) is 6.59. The summed E-state index contributed by atoms with van der Waals surface area (Å²) in [5.74, 6) is -0.721. The van der Waals surface area contributed by atoms with Crippen molar-refractivity contribution in [3.8, 4) is 0 Å². The molecule has 0 spiro atoms. The summed E-state index contributed by atoms with van der Waals surface area (Å²) in [6.45, 7) is 5.24. The summed E-state index contributed by atoms with van der Waals surface area (Å²) in [6, 6.07) is 10.7. The summed E-state index contributed by atoms with van der Waals surface area (Å²) in [5.41, 5.74) is 1.51. The Hall–Kier alpha value is -1.51. The predicted octanol–water partition coefficient (Wildman–Crippen LogP) is 3.94. The van der Waals surface area contributed by atoms with Crippen LogP contribution in [0.4, 0.5) is 5.69 Å². The van der Waals surface area contributed by atoms with E-state index in [2.05, 4.69) is 30.9 Å². The third-order valence-electron chi connectivity index (χ3n) is 4.27. The first-order valence-electron chi connectivity index (χ1n) is 7.51. The van der Waals surface area contributed by atoms with Crippen molar-refractivity contribution < 1.29 is 9.90 Å². The number of carbonyl (C=O) groups is 1. The van der Waals surface area contributed by atoms with E-state index in [1.165, 1.54) is 12.8 Å². The number of hydrogen-bond donors (Lipinski definition) is 1. The second-order valence-corrected chi connectivity index (χ2v) is 6.59. The van der Waals surface area contributed by atoms with Crippen molar-refractivity contribution in [3.63, 3.8) is 0 Å². The molecular weight excluding hydrogens is 250 g/mol. The van der Waals surface area contributed by atoms with Crippen LogP contribution in [-0.2, 0) is 4.79 Å². The number of nitrogens with zero attached hydrogens (tertiary/aromatic N) is 1. The van der Waals surface area contributed by atoms with E-state index < -0.39 is 5.97 Å². The molecule has 0 bridgehead atoms. The normalized spacial score (nSPS) is 21.4. The van der Waals surface area contributed by atoms with Crippen molar-refractivity contribution in [1.29, 1.82) is 0 Å². The van der Waals surface area contributed by atoms with E-state index in [0.29, 0.717) is 18.0 Å². The van der Waals surface area contributed by atoms with Gasteiger partial charge in [0.05, 0.1) is 6.42 Å². The molecule has 1 fully saturated rings. The summed E-state index contributed by atoms with van der Waals surface area (Å²) in [5, 5.41) is 8.98. The van der Waals surface area contributed by atoms with Gasteiger partial charge < -0.3 is 10.0 Å². The first-order chi connectivity index (χ1) is 9.48. The molecule has 2 rings (SSSR count). The van der Waals surface area contributed by atoms with Gasteiger partial charge in [-0.05, 0) is 36.8 Å². The minimum absolute atomic E-state index is 0.200. The molecule has 1 atom stereocenters. The molecule has 1 unspecified atom stereocenters. The van der Waals surface area contributed by atoms with Gasteiger partial charge in [0.2, 0.25) is 0 Å². The molecule has 1 N–H and O–H groups in total. The van der Waals surface area contributed by atoms with Crippen LogP contribution >= 0.6 is 0 Å². The lowest BCUT2D eigenvalue weighted by Crippen LogP contribution is -2.42. The summed E-state index contributed by atoms with van der Waals surface area (Å²) in [6.07, 6.45) is 5.00. The molecule has 0 aromatic heterocycles. The number of hydrogen-bond acceptors (Lipinski definition) is 2. The Morgan fingerprint density at radius 1 is 1.35 bits per heavy atom. The number of anilines is 1. The van der Waals surface area contributed by atoms with Crippen LogP contribution in [-0.4, -0.2) is 23.7 Å². The Morgan fingerprint density at radius 2 is 2.05 bits per heavy atom. The average molecular weight is 275 g/mol. The van der Waals surface area contributed by atoms with Crippen LogP contribution in [0.2, 0.25) is 0 Å². The molecule has 1 aliphatic carbocycles. The zero-order chi connectivity index (χ0) is 14.6. The van der Waals surface area contributed by atoms with Crippen molar-refractivity contribution in [2.45, 2.75) is 52.0 Å². The van der Waals surface area contributed by atoms with Gasteiger partial charge >= 0.3 is 5.97 Å². The van der Waals surface area contributed by atoms with Crippen LogP contribution in [0.15, 0.2) is 30.3 Å². The Balaban J connectivity index is 2.15. The highest BCUT2D eigenvalue weighted by atomic mass is 16.4. The maximum Gasteiger partial charge on any atom is 0.305 e. The topological polar surface area (TPSA) is 40.5 Å². The molecule has 0 saturated heterocycles. The van der Waals surface area contributed by atoms with Crippen molar-refractivity contribution in [1.82, 2.24) is 0 Å². The zero-order valence-corrected chi connectivity index (χ0v) is 12.5. The summed E-state index contributed by atoms with van der Waals surface area (Å²) >= 11 is 0. The van der Waals surface area contributed by atoms with E-state index in [4.69, 9.17) is 5.11 Å². The van der Waals surface area contributed by atoms with Crippen molar-refractivity contribution in [3.05, 3.63) is 30.3 Å². The molecule has 1 aromatic carbocycles. The van der Waals surface area contributed by atoms with Gasteiger partial charge in [0.1, 0.15) is 0 Å². The smallest absolute Gasteiger partial charge is 0.305 e. The predicted molar refractivity (Wildman–Crippen MR) is 82.1 cm³/mol. The number of carboxylic acid groups (broad SMARTS) is 1. The highest BCUT2D eigenvalue weighted by Gasteiger charge is 2.31. The number of aliphatic carboxylic acids is 1. The molecule has 1 aliphatic rings. The minimum atomic E-state index is -0.721. The lowest BCUT2D eigenvalue weighted by Gasteiger charge is -2.42. The van der Waals surface area contributed by atoms with Gasteiger partial charge in [-0.25, -0.2) is 0 Å². The van der Waals surface area contributed by atoms with Crippen LogP contribution in [0.25, 0.3) is 0 Å². The number of para-hydroxylation sites is 1. The average Bonchev–Trinajstić information content (AvgIpc) is 2.39. The van der Waals surface area contributed by atoms with E-state index in [-0.39, 0.29) is 6.42 Å². The molecule has 0 heterocycles. The Morgan fingerprint density at radius 3 is 2.65 bits per heavy atom. The SMILES string of the molecule is CC1(C)CCCC(N(CCC(=O)O)c2ccccc2)C1. The van der Waals surface area contributed by atoms with Gasteiger partial charge in [-0.3, -0.25) is 4.79 Å². The van der Waals surface area contributed by atoms with Crippen LogP contribution in [0.1, 0.15) is 46.0 Å². The third-order valence-corrected chi connectivity index (χ3v) is 4.27. The standard InChI is InChI=1S/C17H25NO2/c1-17(2)11-6-9-15(13-17)18(12-10-16(19)20)14-7-4-3-5-8-14/h3-5,7-8,15H,6,9-13H2,1-2H3,(H,19,20). The van der Waals surface area contributed by atoms with Gasteiger partial charge in [0.15, 0.2) is 0 Å². The molecule has 3 heteroatoms. The first-order valence-corrected chi connectivity index (χ1v) is 7.51. The molecule has 1 saturated carbocycles. The van der Waals surface area contributed by atoms with Gasteiger partial charge in [-0.2, -0.15) is 0 Å². The van der Waals surface area contributed by atoms with E-state index in [9.17, 15) is 4.79 Å². The maximum absolute atomic E-state index is 10.9. The third kappa shape index (κ3) is 3.99. The monoisotopic (exact) mass is 275 g/mol. The number of carboxylic acids is 1. The molecule has 1 aromatic rings. The molecular formula is C17H25NO2. The molecule has 20 heavy (non-hydrogen) atoms. The van der Waals surface area contributed by atoms with Gasteiger partial charge in [0.25, 0.3) is 0 Å². The van der Waals surface area contributed by atoms with E-state index in [1.54, 1.807) is 0 Å². The van der Waals surface area contributed by atoms with E-state index in [0.717, 1.165) is 18.5 Å². The Bertz CT molecular complexity index is 442. The highest BCUT2D eigenvalue weighted by molar-refractivity contribution is 5.67.